The third-order valence-corrected chi connectivity index (χ3v) is 2.61. The average molecular weight is 241 g/mol. The second-order valence-electron chi connectivity index (χ2n) is 3.88. The van der Waals surface area contributed by atoms with E-state index in [-0.39, 0.29) is 13.0 Å². The molecule has 1 aromatic rings. The Morgan fingerprint density at radius 1 is 1.18 bits per heavy atom. The van der Waals surface area contributed by atoms with E-state index in [1.54, 1.807) is 6.20 Å². The Morgan fingerprint density at radius 2 is 1.88 bits per heavy atom. The van der Waals surface area contributed by atoms with Crippen LogP contribution in [0.3, 0.4) is 0 Å². The molecule has 0 aliphatic rings. The van der Waals surface area contributed by atoms with Crippen molar-refractivity contribution in [1.29, 1.82) is 0 Å². The van der Waals surface area contributed by atoms with E-state index in [0.29, 0.717) is 12.2 Å². The molecule has 0 aliphatic carbocycles. The normalized spacial score (nSPS) is 14.6. The summed E-state index contributed by atoms with van der Waals surface area (Å²) >= 11 is 0. The molecule has 7 N–H and O–H groups in total. The van der Waals surface area contributed by atoms with Crippen molar-refractivity contribution in [2.45, 2.75) is 31.7 Å². The monoisotopic (exact) mass is 241 g/mol. The molecule has 1 aromatic heterocycles. The number of aliphatic hydroxyl groups is 3. The van der Waals surface area contributed by atoms with Gasteiger partial charge in [0, 0.05) is 31.4 Å². The summed E-state index contributed by atoms with van der Waals surface area (Å²) < 4.78 is 0. The first-order valence-corrected chi connectivity index (χ1v) is 5.46. The van der Waals surface area contributed by atoms with Crippen molar-refractivity contribution in [2.75, 3.05) is 6.61 Å². The van der Waals surface area contributed by atoms with Crippen LogP contribution in [-0.4, -0.2) is 39.1 Å². The average Bonchev–Trinajstić information content (AvgIpc) is 2.37. The molecule has 6 heteroatoms. The third kappa shape index (κ3) is 3.72. The maximum Gasteiger partial charge on any atom is 0.103 e. The predicted octanol–water partition coefficient (Wildman–Crippen LogP) is -1.74. The molecule has 0 saturated heterocycles. The second-order valence-corrected chi connectivity index (χ2v) is 3.88. The van der Waals surface area contributed by atoms with Crippen LogP contribution in [0.5, 0.6) is 0 Å². The summed E-state index contributed by atoms with van der Waals surface area (Å²) in [6, 6.07) is 1.83. The van der Waals surface area contributed by atoms with Crippen molar-refractivity contribution in [3.63, 3.8) is 0 Å². The van der Waals surface area contributed by atoms with Crippen LogP contribution in [0.1, 0.15) is 16.8 Å². The number of hydrogen-bond acceptors (Lipinski definition) is 6. The van der Waals surface area contributed by atoms with Gasteiger partial charge in [-0.05, 0) is 17.2 Å². The molecular formula is C11H19N3O3. The highest BCUT2D eigenvalue weighted by Gasteiger charge is 2.18. The highest BCUT2D eigenvalue weighted by Crippen LogP contribution is 2.12. The van der Waals surface area contributed by atoms with Gasteiger partial charge in [0.2, 0.25) is 0 Å². The lowest BCUT2D eigenvalue weighted by Gasteiger charge is -2.17. The van der Waals surface area contributed by atoms with Gasteiger partial charge in [0.25, 0.3) is 0 Å². The molecule has 0 radical (unpaired) electrons. The summed E-state index contributed by atoms with van der Waals surface area (Å²) in [5.74, 6) is 0. The maximum absolute atomic E-state index is 9.60. The van der Waals surface area contributed by atoms with Gasteiger partial charge in [0.15, 0.2) is 0 Å². The first-order valence-electron chi connectivity index (χ1n) is 5.46. The minimum absolute atomic E-state index is 0.152. The van der Waals surface area contributed by atoms with Gasteiger partial charge in [-0.25, -0.2) is 0 Å². The lowest BCUT2D eigenvalue weighted by molar-refractivity contribution is -0.0137. The topological polar surface area (TPSA) is 126 Å². The maximum atomic E-state index is 9.60. The van der Waals surface area contributed by atoms with E-state index in [1.165, 1.54) is 0 Å². The van der Waals surface area contributed by atoms with Crippen molar-refractivity contribution in [3.8, 4) is 0 Å². The molecule has 2 atom stereocenters. The Hall–Kier alpha value is -1.05. The standard InChI is InChI=1S/C11H19N3O3/c12-3-7-1-8(4-13)9(14-5-7)2-10(16)11(17)6-15/h1,5,10-11,15-17H,2-4,6,12-13H2. The number of pyridine rings is 1. The third-order valence-electron chi connectivity index (χ3n) is 2.61. The van der Waals surface area contributed by atoms with Gasteiger partial charge in [0.05, 0.1) is 12.7 Å². The zero-order valence-corrected chi connectivity index (χ0v) is 9.58. The molecule has 0 aliphatic heterocycles. The molecule has 1 heterocycles. The molecule has 0 fully saturated rings. The fourth-order valence-electron chi connectivity index (χ4n) is 1.52. The number of aliphatic hydroxyl groups excluding tert-OH is 3. The number of hydrogen-bond donors (Lipinski definition) is 5. The molecular weight excluding hydrogens is 222 g/mol. The van der Waals surface area contributed by atoms with Crippen molar-refractivity contribution >= 4 is 0 Å². The van der Waals surface area contributed by atoms with Gasteiger partial charge < -0.3 is 26.8 Å². The van der Waals surface area contributed by atoms with E-state index in [1.807, 2.05) is 6.07 Å². The first kappa shape index (κ1) is 14.0. The molecule has 17 heavy (non-hydrogen) atoms. The van der Waals surface area contributed by atoms with Crippen LogP contribution in [0.2, 0.25) is 0 Å². The molecule has 0 aromatic carbocycles. The minimum Gasteiger partial charge on any atom is -0.394 e. The summed E-state index contributed by atoms with van der Waals surface area (Å²) in [5, 5.41) is 27.6. The predicted molar refractivity (Wildman–Crippen MR) is 62.8 cm³/mol. The van der Waals surface area contributed by atoms with Gasteiger partial charge in [-0.1, -0.05) is 0 Å². The van der Waals surface area contributed by atoms with E-state index in [0.717, 1.165) is 11.1 Å². The molecule has 0 spiro atoms. The van der Waals surface area contributed by atoms with Gasteiger partial charge >= 0.3 is 0 Å². The minimum atomic E-state index is -1.17. The lowest BCUT2D eigenvalue weighted by atomic mass is 10.0. The first-order chi connectivity index (χ1) is 8.12. The molecule has 0 amide bonds. The molecule has 0 saturated carbocycles. The summed E-state index contributed by atoms with van der Waals surface area (Å²) in [6.45, 7) is 0.181. The van der Waals surface area contributed by atoms with E-state index in [9.17, 15) is 10.2 Å². The summed E-state index contributed by atoms with van der Waals surface area (Å²) in [4.78, 5) is 4.16. The van der Waals surface area contributed by atoms with Crippen LogP contribution >= 0.6 is 0 Å². The van der Waals surface area contributed by atoms with Crippen molar-refractivity contribution < 1.29 is 15.3 Å². The lowest BCUT2D eigenvalue weighted by Crippen LogP contribution is -2.31. The van der Waals surface area contributed by atoms with Gasteiger partial charge in [-0.3, -0.25) is 4.98 Å². The van der Waals surface area contributed by atoms with Crippen molar-refractivity contribution in [1.82, 2.24) is 4.98 Å². The van der Waals surface area contributed by atoms with Crippen LogP contribution < -0.4 is 11.5 Å². The van der Waals surface area contributed by atoms with Crippen LogP contribution in [0.4, 0.5) is 0 Å². The summed E-state index contributed by atoms with van der Waals surface area (Å²) in [7, 11) is 0. The van der Waals surface area contributed by atoms with Crippen LogP contribution in [0, 0.1) is 0 Å². The Bertz CT molecular complexity index is 360. The second kappa shape index (κ2) is 6.63. The smallest absolute Gasteiger partial charge is 0.103 e. The highest BCUT2D eigenvalue weighted by atomic mass is 16.4. The van der Waals surface area contributed by atoms with Crippen LogP contribution in [0.15, 0.2) is 12.3 Å². The number of aromatic nitrogens is 1. The summed E-state index contributed by atoms with van der Waals surface area (Å²) in [5.41, 5.74) is 13.3. The van der Waals surface area contributed by atoms with Crippen molar-refractivity contribution in [2.24, 2.45) is 11.5 Å². The number of nitrogens with two attached hydrogens (primary N) is 2. The molecule has 1 rings (SSSR count). The fraction of sp³-hybridized carbons (Fsp3) is 0.545. The largest absolute Gasteiger partial charge is 0.394 e. The van der Waals surface area contributed by atoms with E-state index in [2.05, 4.69) is 4.98 Å². The highest BCUT2D eigenvalue weighted by molar-refractivity contribution is 5.26. The molecule has 2 unspecified atom stereocenters. The molecule has 6 nitrogen and oxygen atoms in total. The number of nitrogens with zero attached hydrogens (tertiary/aromatic N) is 1. The van der Waals surface area contributed by atoms with Crippen LogP contribution in [-0.2, 0) is 19.5 Å². The van der Waals surface area contributed by atoms with Gasteiger partial charge in [0.1, 0.15) is 6.10 Å². The molecule has 96 valence electrons. The zero-order chi connectivity index (χ0) is 12.8. The fourth-order valence-corrected chi connectivity index (χ4v) is 1.52. The Kier molecular flexibility index (Phi) is 5.46. The Balaban J connectivity index is 2.83. The van der Waals surface area contributed by atoms with Crippen molar-refractivity contribution in [3.05, 3.63) is 29.1 Å². The van der Waals surface area contributed by atoms with E-state index < -0.39 is 18.8 Å². The van der Waals surface area contributed by atoms with Crippen LogP contribution in [0.25, 0.3) is 0 Å². The Morgan fingerprint density at radius 3 is 2.41 bits per heavy atom. The quantitative estimate of drug-likeness (QED) is 0.402. The summed E-state index contributed by atoms with van der Waals surface area (Å²) in [6.07, 6.45) is -0.454. The zero-order valence-electron chi connectivity index (χ0n) is 9.58. The number of rotatable bonds is 6. The van der Waals surface area contributed by atoms with E-state index >= 15 is 0 Å². The Labute approximate surface area is 99.9 Å². The van der Waals surface area contributed by atoms with Gasteiger partial charge in [-0.15, -0.1) is 0 Å². The van der Waals surface area contributed by atoms with Gasteiger partial charge in [-0.2, -0.15) is 0 Å². The molecule has 0 bridgehead atoms. The SMILES string of the molecule is NCc1cnc(CC(O)C(O)CO)c(CN)c1. The van der Waals surface area contributed by atoms with E-state index in [4.69, 9.17) is 16.6 Å².